The number of ether oxygens (including phenoxy) is 3. The zero-order valence-corrected chi connectivity index (χ0v) is 15.7. The average molecular weight is 371 g/mol. The van der Waals surface area contributed by atoms with Gasteiger partial charge in [0.1, 0.15) is 18.1 Å². The van der Waals surface area contributed by atoms with Crippen LogP contribution in [0, 0.1) is 0 Å². The van der Waals surface area contributed by atoms with Gasteiger partial charge in [-0.1, -0.05) is 30.3 Å². The van der Waals surface area contributed by atoms with Crippen molar-refractivity contribution in [2.45, 2.75) is 12.8 Å². The van der Waals surface area contributed by atoms with Crippen LogP contribution < -0.4 is 9.47 Å². The molecular formula is C21H25NO5. The van der Waals surface area contributed by atoms with Crippen LogP contribution in [0.2, 0.25) is 0 Å². The number of amides is 1. The molecule has 2 aromatic carbocycles. The number of carbonyl (C=O) groups excluding carboxylic acids is 2. The second-order valence-corrected chi connectivity index (χ2v) is 5.89. The summed E-state index contributed by atoms with van der Waals surface area (Å²) >= 11 is 0. The first-order valence-electron chi connectivity index (χ1n) is 8.77. The van der Waals surface area contributed by atoms with Crippen molar-refractivity contribution in [3.05, 3.63) is 60.2 Å². The minimum atomic E-state index is -0.344. The molecule has 0 atom stereocenters. The van der Waals surface area contributed by atoms with Crippen LogP contribution in [0.25, 0.3) is 0 Å². The Bertz CT molecular complexity index is 715. The molecule has 6 heteroatoms. The Kier molecular flexibility index (Phi) is 8.16. The predicted octanol–water partition coefficient (Wildman–Crippen LogP) is 2.71. The van der Waals surface area contributed by atoms with E-state index in [1.165, 1.54) is 7.11 Å². The summed E-state index contributed by atoms with van der Waals surface area (Å²) in [5.41, 5.74) is 0.932. The second kappa shape index (κ2) is 10.9. The third-order valence-corrected chi connectivity index (χ3v) is 4.05. The SMILES string of the molecule is COC(=O)CCN(CCOc1ccc(OC)cc1)C(=O)Cc1ccccc1. The molecule has 0 aliphatic rings. The first-order valence-corrected chi connectivity index (χ1v) is 8.77. The Labute approximate surface area is 159 Å². The topological polar surface area (TPSA) is 65.1 Å². The van der Waals surface area contributed by atoms with E-state index in [0.717, 1.165) is 11.3 Å². The first kappa shape index (κ1) is 20.3. The fourth-order valence-electron chi connectivity index (χ4n) is 2.52. The molecule has 0 radical (unpaired) electrons. The number of carbonyl (C=O) groups is 2. The van der Waals surface area contributed by atoms with Crippen LogP contribution in [-0.4, -0.2) is 50.7 Å². The molecule has 6 nitrogen and oxygen atoms in total. The molecule has 0 heterocycles. The summed E-state index contributed by atoms with van der Waals surface area (Å²) in [6.07, 6.45) is 0.435. The maximum absolute atomic E-state index is 12.6. The van der Waals surface area contributed by atoms with Gasteiger partial charge in [-0.15, -0.1) is 0 Å². The largest absolute Gasteiger partial charge is 0.497 e. The molecule has 0 fully saturated rings. The third kappa shape index (κ3) is 7.01. The fraction of sp³-hybridized carbons (Fsp3) is 0.333. The standard InChI is InChI=1S/C21H25NO5/c1-25-18-8-10-19(11-9-18)27-15-14-22(13-12-21(24)26-2)20(23)16-17-6-4-3-5-7-17/h3-11H,12-16H2,1-2H3. The van der Waals surface area contributed by atoms with Crippen molar-refractivity contribution < 1.29 is 23.8 Å². The van der Waals surface area contributed by atoms with Crippen LogP contribution in [0.3, 0.4) is 0 Å². The van der Waals surface area contributed by atoms with Crippen LogP contribution in [0.1, 0.15) is 12.0 Å². The van der Waals surface area contributed by atoms with Gasteiger partial charge in [-0.3, -0.25) is 9.59 Å². The Morgan fingerprint density at radius 1 is 0.889 bits per heavy atom. The van der Waals surface area contributed by atoms with Crippen LogP contribution >= 0.6 is 0 Å². The van der Waals surface area contributed by atoms with Gasteiger partial charge in [0, 0.05) is 6.54 Å². The minimum Gasteiger partial charge on any atom is -0.497 e. The average Bonchev–Trinajstić information content (AvgIpc) is 2.71. The van der Waals surface area contributed by atoms with Crippen LogP contribution in [0.5, 0.6) is 11.5 Å². The van der Waals surface area contributed by atoms with Crippen molar-refractivity contribution in [1.29, 1.82) is 0 Å². The number of methoxy groups -OCH3 is 2. The number of hydrogen-bond donors (Lipinski definition) is 0. The van der Waals surface area contributed by atoms with Crippen molar-refractivity contribution in [3.8, 4) is 11.5 Å². The maximum atomic E-state index is 12.6. The van der Waals surface area contributed by atoms with E-state index in [1.54, 1.807) is 12.0 Å². The minimum absolute atomic E-state index is 0.0524. The summed E-state index contributed by atoms with van der Waals surface area (Å²) in [7, 11) is 2.94. The van der Waals surface area contributed by atoms with Gasteiger partial charge in [0.25, 0.3) is 0 Å². The van der Waals surface area contributed by atoms with E-state index in [0.29, 0.717) is 25.4 Å². The zero-order chi connectivity index (χ0) is 19.5. The van der Waals surface area contributed by atoms with Gasteiger partial charge in [-0.2, -0.15) is 0 Å². The van der Waals surface area contributed by atoms with E-state index < -0.39 is 0 Å². The summed E-state index contributed by atoms with van der Waals surface area (Å²) in [6.45, 7) is 1.01. The molecule has 0 aliphatic carbocycles. The highest BCUT2D eigenvalue weighted by Crippen LogP contribution is 2.17. The zero-order valence-electron chi connectivity index (χ0n) is 15.7. The van der Waals surface area contributed by atoms with E-state index in [9.17, 15) is 9.59 Å². The molecule has 0 aromatic heterocycles. The highest BCUT2D eigenvalue weighted by Gasteiger charge is 2.16. The lowest BCUT2D eigenvalue weighted by molar-refractivity contribution is -0.141. The van der Waals surface area contributed by atoms with E-state index in [1.807, 2.05) is 54.6 Å². The molecule has 2 aromatic rings. The highest BCUT2D eigenvalue weighted by molar-refractivity contribution is 5.79. The normalized spacial score (nSPS) is 10.1. The van der Waals surface area contributed by atoms with Gasteiger partial charge < -0.3 is 19.1 Å². The van der Waals surface area contributed by atoms with E-state index >= 15 is 0 Å². The molecule has 0 saturated heterocycles. The first-order chi connectivity index (χ1) is 13.1. The molecule has 0 unspecified atom stereocenters. The second-order valence-electron chi connectivity index (χ2n) is 5.89. The molecule has 144 valence electrons. The summed E-state index contributed by atoms with van der Waals surface area (Å²) in [6, 6.07) is 16.8. The quantitative estimate of drug-likeness (QED) is 0.601. The fourth-order valence-corrected chi connectivity index (χ4v) is 2.52. The van der Waals surface area contributed by atoms with Gasteiger partial charge in [-0.25, -0.2) is 0 Å². The molecule has 27 heavy (non-hydrogen) atoms. The molecule has 2 rings (SSSR count). The number of esters is 1. The molecule has 0 aliphatic heterocycles. The van der Waals surface area contributed by atoms with Gasteiger partial charge >= 0.3 is 5.97 Å². The van der Waals surface area contributed by atoms with Crippen molar-refractivity contribution >= 4 is 11.9 Å². The Hall–Kier alpha value is -3.02. The van der Waals surface area contributed by atoms with E-state index in [4.69, 9.17) is 9.47 Å². The van der Waals surface area contributed by atoms with Crippen molar-refractivity contribution in [1.82, 2.24) is 4.90 Å². The van der Waals surface area contributed by atoms with Crippen molar-refractivity contribution in [3.63, 3.8) is 0 Å². The lowest BCUT2D eigenvalue weighted by Crippen LogP contribution is -2.37. The molecule has 0 saturated carbocycles. The lowest BCUT2D eigenvalue weighted by atomic mass is 10.1. The van der Waals surface area contributed by atoms with Crippen LogP contribution in [0.15, 0.2) is 54.6 Å². The smallest absolute Gasteiger partial charge is 0.307 e. The van der Waals surface area contributed by atoms with Gasteiger partial charge in [0.05, 0.1) is 33.6 Å². The summed E-state index contributed by atoms with van der Waals surface area (Å²) in [5, 5.41) is 0. The third-order valence-electron chi connectivity index (χ3n) is 4.05. The van der Waals surface area contributed by atoms with E-state index in [2.05, 4.69) is 4.74 Å². The Balaban J connectivity index is 1.91. The highest BCUT2D eigenvalue weighted by atomic mass is 16.5. The van der Waals surface area contributed by atoms with E-state index in [-0.39, 0.29) is 24.7 Å². The molecule has 0 spiro atoms. The van der Waals surface area contributed by atoms with Gasteiger partial charge in [-0.05, 0) is 29.8 Å². The molecule has 0 bridgehead atoms. The predicted molar refractivity (Wildman–Crippen MR) is 102 cm³/mol. The number of hydrogen-bond acceptors (Lipinski definition) is 5. The van der Waals surface area contributed by atoms with Crippen LogP contribution in [-0.2, 0) is 20.7 Å². The van der Waals surface area contributed by atoms with Crippen LogP contribution in [0.4, 0.5) is 0 Å². The lowest BCUT2D eigenvalue weighted by Gasteiger charge is -2.22. The van der Waals surface area contributed by atoms with Crippen molar-refractivity contribution in [2.75, 3.05) is 33.9 Å². The van der Waals surface area contributed by atoms with Gasteiger partial charge in [0.2, 0.25) is 5.91 Å². The Morgan fingerprint density at radius 3 is 2.19 bits per heavy atom. The van der Waals surface area contributed by atoms with Gasteiger partial charge in [0.15, 0.2) is 0 Å². The molecule has 1 amide bonds. The summed E-state index contributed by atoms with van der Waals surface area (Å²) in [4.78, 5) is 25.7. The molecule has 0 N–H and O–H groups in total. The number of nitrogens with zero attached hydrogens (tertiary/aromatic N) is 1. The number of benzene rings is 2. The number of rotatable bonds is 10. The monoisotopic (exact) mass is 371 g/mol. The maximum Gasteiger partial charge on any atom is 0.307 e. The Morgan fingerprint density at radius 2 is 1.56 bits per heavy atom. The summed E-state index contributed by atoms with van der Waals surface area (Å²) < 4.78 is 15.5. The molecular weight excluding hydrogens is 346 g/mol. The van der Waals surface area contributed by atoms with Crippen molar-refractivity contribution in [2.24, 2.45) is 0 Å². The summed E-state index contributed by atoms with van der Waals surface area (Å²) in [5.74, 6) is 1.05.